The molecule has 0 fully saturated rings. The van der Waals surface area contributed by atoms with Crippen molar-refractivity contribution in [3.63, 3.8) is 0 Å². The Balaban J connectivity index is 1.57. The van der Waals surface area contributed by atoms with Crippen molar-refractivity contribution in [2.75, 3.05) is 4.72 Å². The van der Waals surface area contributed by atoms with Crippen molar-refractivity contribution in [1.82, 2.24) is 4.90 Å². The molecule has 0 unspecified atom stereocenters. The number of anilines is 1. The average molecular weight is 485 g/mol. The van der Waals surface area contributed by atoms with Crippen LogP contribution in [0.25, 0.3) is 0 Å². The number of nitrogens with zero attached hydrogens (tertiary/aromatic N) is 1. The molecule has 0 aliphatic heterocycles. The summed E-state index contributed by atoms with van der Waals surface area (Å²) in [5, 5.41) is 0. The molecule has 0 spiro atoms. The van der Waals surface area contributed by atoms with Gasteiger partial charge < -0.3 is 4.90 Å². The Labute approximate surface area is 207 Å². The van der Waals surface area contributed by atoms with Crippen LogP contribution in [0.3, 0.4) is 0 Å². The standard InChI is InChI=1S/C29H28N2O3S/c1-22-13-16-27(17-14-22)35(33,34)30-28-18-15-26(19-23(28)2)29(32)31(20-24-9-5-3-6-10-24)21-25-11-7-4-8-12-25/h3-19,30H,20-21H2,1-2H3. The van der Waals surface area contributed by atoms with E-state index in [2.05, 4.69) is 4.72 Å². The van der Waals surface area contributed by atoms with Gasteiger partial charge in [0, 0.05) is 18.7 Å². The Kier molecular flexibility index (Phi) is 7.32. The molecule has 0 radical (unpaired) electrons. The van der Waals surface area contributed by atoms with Crippen LogP contribution in [0.5, 0.6) is 0 Å². The molecule has 1 amide bonds. The van der Waals surface area contributed by atoms with E-state index in [4.69, 9.17) is 0 Å². The largest absolute Gasteiger partial charge is 0.330 e. The SMILES string of the molecule is Cc1ccc(S(=O)(=O)Nc2ccc(C(=O)N(Cc3ccccc3)Cc3ccccc3)cc2C)cc1. The Morgan fingerprint density at radius 2 is 1.29 bits per heavy atom. The number of carbonyl (C=O) groups excluding carboxylic acids is 1. The van der Waals surface area contributed by atoms with E-state index in [1.807, 2.05) is 67.6 Å². The van der Waals surface area contributed by atoms with Crippen molar-refractivity contribution in [2.24, 2.45) is 0 Å². The highest BCUT2D eigenvalue weighted by atomic mass is 32.2. The smallest absolute Gasteiger partial charge is 0.261 e. The van der Waals surface area contributed by atoms with Gasteiger partial charge in [-0.2, -0.15) is 0 Å². The lowest BCUT2D eigenvalue weighted by molar-refractivity contribution is 0.0730. The zero-order valence-electron chi connectivity index (χ0n) is 19.8. The Morgan fingerprint density at radius 3 is 1.80 bits per heavy atom. The highest BCUT2D eigenvalue weighted by Gasteiger charge is 2.19. The molecule has 0 heterocycles. The van der Waals surface area contributed by atoms with Gasteiger partial charge in [0.2, 0.25) is 0 Å². The van der Waals surface area contributed by atoms with Gasteiger partial charge in [-0.1, -0.05) is 78.4 Å². The minimum atomic E-state index is -3.73. The molecule has 0 aliphatic carbocycles. The molecule has 1 N–H and O–H groups in total. The molecule has 5 nitrogen and oxygen atoms in total. The quantitative estimate of drug-likeness (QED) is 0.336. The third kappa shape index (κ3) is 6.16. The normalized spacial score (nSPS) is 11.1. The van der Waals surface area contributed by atoms with E-state index in [0.29, 0.717) is 29.9 Å². The van der Waals surface area contributed by atoms with Gasteiger partial charge in [0.15, 0.2) is 0 Å². The second-order valence-corrected chi connectivity index (χ2v) is 10.3. The van der Waals surface area contributed by atoms with Gasteiger partial charge in [0.1, 0.15) is 0 Å². The van der Waals surface area contributed by atoms with Gasteiger partial charge in [0.25, 0.3) is 15.9 Å². The second kappa shape index (κ2) is 10.6. The molecular weight excluding hydrogens is 456 g/mol. The van der Waals surface area contributed by atoms with Gasteiger partial charge >= 0.3 is 0 Å². The number of hydrogen-bond donors (Lipinski definition) is 1. The average Bonchev–Trinajstić information content (AvgIpc) is 2.86. The molecule has 4 aromatic carbocycles. The Bertz CT molecular complexity index is 1360. The van der Waals surface area contributed by atoms with Crippen LogP contribution in [0.15, 0.2) is 108 Å². The maximum Gasteiger partial charge on any atom is 0.261 e. The summed E-state index contributed by atoms with van der Waals surface area (Å²) in [4.78, 5) is 15.5. The fourth-order valence-corrected chi connectivity index (χ4v) is 4.95. The first kappa shape index (κ1) is 24.2. The first-order chi connectivity index (χ1) is 16.8. The third-order valence-electron chi connectivity index (χ3n) is 5.77. The third-order valence-corrected chi connectivity index (χ3v) is 7.15. The lowest BCUT2D eigenvalue weighted by Gasteiger charge is -2.24. The van der Waals surface area contributed by atoms with E-state index in [1.54, 1.807) is 54.3 Å². The fraction of sp³-hybridized carbons (Fsp3) is 0.138. The summed E-state index contributed by atoms with van der Waals surface area (Å²) in [6.07, 6.45) is 0. The van der Waals surface area contributed by atoms with E-state index in [-0.39, 0.29) is 10.8 Å². The molecule has 0 saturated heterocycles. The minimum Gasteiger partial charge on any atom is -0.330 e. The van der Waals surface area contributed by atoms with Crippen LogP contribution in [0, 0.1) is 13.8 Å². The van der Waals surface area contributed by atoms with Crippen molar-refractivity contribution in [3.05, 3.63) is 131 Å². The van der Waals surface area contributed by atoms with Gasteiger partial charge in [-0.05, 0) is 60.9 Å². The topological polar surface area (TPSA) is 66.5 Å². The molecule has 6 heteroatoms. The van der Waals surface area contributed by atoms with Crippen LogP contribution in [-0.4, -0.2) is 19.2 Å². The first-order valence-corrected chi connectivity index (χ1v) is 12.9. The monoisotopic (exact) mass is 484 g/mol. The van der Waals surface area contributed by atoms with E-state index >= 15 is 0 Å². The summed E-state index contributed by atoms with van der Waals surface area (Å²) >= 11 is 0. The van der Waals surface area contributed by atoms with Gasteiger partial charge in [0.05, 0.1) is 10.6 Å². The van der Waals surface area contributed by atoms with Crippen molar-refractivity contribution >= 4 is 21.6 Å². The maximum atomic E-state index is 13.5. The first-order valence-electron chi connectivity index (χ1n) is 11.4. The van der Waals surface area contributed by atoms with Crippen LogP contribution in [0.1, 0.15) is 32.6 Å². The van der Waals surface area contributed by atoms with Gasteiger partial charge in [-0.25, -0.2) is 8.42 Å². The summed E-state index contributed by atoms with van der Waals surface area (Å²) in [6, 6.07) is 31.5. The van der Waals surface area contributed by atoms with Crippen LogP contribution >= 0.6 is 0 Å². The number of aryl methyl sites for hydroxylation is 2. The molecule has 0 atom stereocenters. The molecule has 0 aromatic heterocycles. The van der Waals surface area contributed by atoms with Gasteiger partial charge in [-0.15, -0.1) is 0 Å². The zero-order valence-corrected chi connectivity index (χ0v) is 20.6. The number of sulfonamides is 1. The molecule has 0 aliphatic rings. The van der Waals surface area contributed by atoms with Crippen molar-refractivity contribution in [3.8, 4) is 0 Å². The number of nitrogens with one attached hydrogen (secondary N) is 1. The molecule has 0 bridgehead atoms. The summed E-state index contributed by atoms with van der Waals surface area (Å²) in [5.41, 5.74) is 4.68. The van der Waals surface area contributed by atoms with E-state index in [9.17, 15) is 13.2 Å². The molecule has 4 aromatic rings. The molecule has 4 rings (SSSR count). The zero-order chi connectivity index (χ0) is 24.8. The van der Waals surface area contributed by atoms with Crippen LogP contribution in [-0.2, 0) is 23.1 Å². The number of hydrogen-bond acceptors (Lipinski definition) is 3. The lowest BCUT2D eigenvalue weighted by Crippen LogP contribution is -2.30. The Hall–Kier alpha value is -3.90. The van der Waals surface area contributed by atoms with Crippen molar-refractivity contribution in [1.29, 1.82) is 0 Å². The van der Waals surface area contributed by atoms with Crippen LogP contribution in [0.2, 0.25) is 0 Å². The second-order valence-electron chi connectivity index (χ2n) is 8.58. The molecule has 35 heavy (non-hydrogen) atoms. The highest BCUT2D eigenvalue weighted by Crippen LogP contribution is 2.23. The number of carbonyl (C=O) groups is 1. The molecule has 0 saturated carbocycles. The molecular formula is C29H28N2O3S. The minimum absolute atomic E-state index is 0.117. The summed E-state index contributed by atoms with van der Waals surface area (Å²) in [7, 11) is -3.73. The maximum absolute atomic E-state index is 13.5. The molecule has 178 valence electrons. The van der Waals surface area contributed by atoms with Gasteiger partial charge in [-0.3, -0.25) is 9.52 Å². The predicted octanol–water partition coefficient (Wildman–Crippen LogP) is 5.95. The lowest BCUT2D eigenvalue weighted by atomic mass is 10.1. The fourth-order valence-electron chi connectivity index (χ4n) is 3.82. The predicted molar refractivity (Wildman–Crippen MR) is 140 cm³/mol. The number of rotatable bonds is 8. The number of amides is 1. The van der Waals surface area contributed by atoms with E-state index in [1.165, 1.54) is 0 Å². The van der Waals surface area contributed by atoms with Crippen molar-refractivity contribution < 1.29 is 13.2 Å². The summed E-state index contributed by atoms with van der Waals surface area (Å²) in [6.45, 7) is 4.63. The summed E-state index contributed by atoms with van der Waals surface area (Å²) < 4.78 is 28.3. The van der Waals surface area contributed by atoms with Crippen molar-refractivity contribution in [2.45, 2.75) is 31.8 Å². The Morgan fingerprint density at radius 1 is 0.743 bits per heavy atom. The van der Waals surface area contributed by atoms with Crippen LogP contribution < -0.4 is 4.72 Å². The summed E-state index contributed by atoms with van der Waals surface area (Å²) in [5.74, 6) is -0.117. The number of benzene rings is 4. The van der Waals surface area contributed by atoms with E-state index < -0.39 is 10.0 Å². The highest BCUT2D eigenvalue weighted by molar-refractivity contribution is 7.92. The van der Waals surface area contributed by atoms with Crippen LogP contribution in [0.4, 0.5) is 5.69 Å². The van der Waals surface area contributed by atoms with E-state index in [0.717, 1.165) is 16.7 Å².